The minimum atomic E-state index is -0.237. The van der Waals surface area contributed by atoms with Gasteiger partial charge >= 0.3 is 0 Å². The lowest BCUT2D eigenvalue weighted by Gasteiger charge is -2.34. The van der Waals surface area contributed by atoms with Crippen molar-refractivity contribution in [1.82, 2.24) is 10.2 Å². The average molecular weight is 252 g/mol. The Balaban J connectivity index is 2.02. The van der Waals surface area contributed by atoms with Crippen molar-refractivity contribution in [3.8, 4) is 0 Å². The van der Waals surface area contributed by atoms with Crippen LogP contribution in [-0.2, 0) is 4.79 Å². The molecule has 3 heteroatoms. The number of carbonyl (C=O) groups excluding carboxylic acids is 1. The fraction of sp³-hybridized carbons (Fsp3) is 0.933. The zero-order valence-electron chi connectivity index (χ0n) is 12.2. The molecule has 1 heterocycles. The van der Waals surface area contributed by atoms with Gasteiger partial charge in [-0.15, -0.1) is 0 Å². The second kappa shape index (κ2) is 5.60. The molecule has 0 bridgehead atoms. The van der Waals surface area contributed by atoms with Gasteiger partial charge in [0.25, 0.3) is 0 Å². The van der Waals surface area contributed by atoms with Crippen LogP contribution < -0.4 is 5.32 Å². The van der Waals surface area contributed by atoms with Crippen molar-refractivity contribution in [1.29, 1.82) is 0 Å². The lowest BCUT2D eigenvalue weighted by atomic mass is 9.92. The van der Waals surface area contributed by atoms with Crippen LogP contribution in [0.5, 0.6) is 0 Å². The molecular formula is C15H28N2O. The first-order valence-corrected chi connectivity index (χ1v) is 7.65. The minimum Gasteiger partial charge on any atom is -0.338 e. The maximum absolute atomic E-state index is 12.9. The highest BCUT2D eigenvalue weighted by Gasteiger charge is 2.45. The molecule has 18 heavy (non-hydrogen) atoms. The summed E-state index contributed by atoms with van der Waals surface area (Å²) >= 11 is 0. The highest BCUT2D eigenvalue weighted by Crippen LogP contribution is 2.33. The van der Waals surface area contributed by atoms with E-state index in [1.807, 2.05) is 0 Å². The molecule has 0 aromatic heterocycles. The van der Waals surface area contributed by atoms with E-state index in [-0.39, 0.29) is 5.54 Å². The van der Waals surface area contributed by atoms with Crippen LogP contribution in [0.4, 0.5) is 0 Å². The van der Waals surface area contributed by atoms with Gasteiger partial charge in [-0.25, -0.2) is 0 Å². The molecule has 1 atom stereocenters. The number of hydrogen-bond acceptors (Lipinski definition) is 2. The summed E-state index contributed by atoms with van der Waals surface area (Å²) in [5.41, 5.74) is -0.237. The smallest absolute Gasteiger partial charge is 0.243 e. The summed E-state index contributed by atoms with van der Waals surface area (Å²) in [7, 11) is 0. The monoisotopic (exact) mass is 252 g/mol. The van der Waals surface area contributed by atoms with Gasteiger partial charge in [-0.1, -0.05) is 20.8 Å². The van der Waals surface area contributed by atoms with Gasteiger partial charge in [0.05, 0.1) is 5.54 Å². The molecule has 1 saturated carbocycles. The molecule has 0 aromatic carbocycles. The minimum absolute atomic E-state index is 0.237. The average Bonchev–Trinajstić information content (AvgIpc) is 3.06. The van der Waals surface area contributed by atoms with Crippen LogP contribution in [0.2, 0.25) is 0 Å². The first kappa shape index (κ1) is 13.9. The van der Waals surface area contributed by atoms with Crippen LogP contribution in [0.3, 0.4) is 0 Å². The predicted molar refractivity (Wildman–Crippen MR) is 74.4 cm³/mol. The zero-order chi connectivity index (χ0) is 13.2. The standard InChI is InChI=1S/C15H28N2O/c1-4-15(9-5-10-16-15)14(18)17(13-6-7-13)11-8-12(2)3/h12-13,16H,4-11H2,1-3H3. The van der Waals surface area contributed by atoms with E-state index in [0.717, 1.165) is 38.8 Å². The second-order valence-electron chi connectivity index (χ2n) is 6.38. The molecule has 1 saturated heterocycles. The van der Waals surface area contributed by atoms with Crippen LogP contribution in [0.25, 0.3) is 0 Å². The third-order valence-electron chi connectivity index (χ3n) is 4.45. The molecule has 1 unspecified atom stereocenters. The molecule has 2 aliphatic rings. The van der Waals surface area contributed by atoms with Gasteiger partial charge in [-0.05, 0) is 51.0 Å². The Morgan fingerprint density at radius 3 is 2.61 bits per heavy atom. The summed E-state index contributed by atoms with van der Waals surface area (Å²) in [5.74, 6) is 1.05. The van der Waals surface area contributed by atoms with Crippen molar-refractivity contribution in [3.05, 3.63) is 0 Å². The first-order chi connectivity index (χ1) is 8.59. The van der Waals surface area contributed by atoms with Gasteiger partial charge in [-0.2, -0.15) is 0 Å². The molecule has 0 radical (unpaired) electrons. The number of carbonyl (C=O) groups is 1. The van der Waals surface area contributed by atoms with Gasteiger partial charge in [0.2, 0.25) is 5.91 Å². The molecule has 3 nitrogen and oxygen atoms in total. The number of nitrogens with zero attached hydrogens (tertiary/aromatic N) is 1. The quantitative estimate of drug-likeness (QED) is 0.788. The Morgan fingerprint density at radius 1 is 1.44 bits per heavy atom. The summed E-state index contributed by atoms with van der Waals surface area (Å²) in [6.45, 7) is 8.56. The molecule has 0 spiro atoms. The lowest BCUT2D eigenvalue weighted by Crippen LogP contribution is -2.55. The maximum Gasteiger partial charge on any atom is 0.243 e. The Bertz CT molecular complexity index is 291. The van der Waals surface area contributed by atoms with Crippen LogP contribution in [0.15, 0.2) is 0 Å². The van der Waals surface area contributed by atoms with Crippen LogP contribution in [0.1, 0.15) is 59.3 Å². The van der Waals surface area contributed by atoms with E-state index in [2.05, 4.69) is 31.0 Å². The third-order valence-corrected chi connectivity index (χ3v) is 4.45. The van der Waals surface area contributed by atoms with E-state index < -0.39 is 0 Å². The van der Waals surface area contributed by atoms with E-state index in [1.54, 1.807) is 0 Å². The van der Waals surface area contributed by atoms with Gasteiger partial charge in [0, 0.05) is 12.6 Å². The van der Waals surface area contributed by atoms with E-state index >= 15 is 0 Å². The largest absolute Gasteiger partial charge is 0.338 e. The molecule has 1 amide bonds. The SMILES string of the molecule is CCC1(C(=O)N(CCC(C)C)C2CC2)CCCN1. The number of amides is 1. The van der Waals surface area contributed by atoms with Crippen molar-refractivity contribution in [2.24, 2.45) is 5.92 Å². The van der Waals surface area contributed by atoms with Crippen molar-refractivity contribution in [2.75, 3.05) is 13.1 Å². The van der Waals surface area contributed by atoms with Crippen LogP contribution >= 0.6 is 0 Å². The fourth-order valence-electron chi connectivity index (χ4n) is 2.95. The molecule has 1 aliphatic carbocycles. The molecule has 1 aliphatic heterocycles. The van der Waals surface area contributed by atoms with Gasteiger partial charge in [0.15, 0.2) is 0 Å². The normalized spacial score (nSPS) is 27.8. The number of hydrogen-bond donors (Lipinski definition) is 1. The molecule has 2 fully saturated rings. The molecular weight excluding hydrogens is 224 g/mol. The van der Waals surface area contributed by atoms with Gasteiger partial charge in [0.1, 0.15) is 0 Å². The van der Waals surface area contributed by atoms with E-state index in [4.69, 9.17) is 0 Å². The van der Waals surface area contributed by atoms with Crippen molar-refractivity contribution in [2.45, 2.75) is 70.9 Å². The first-order valence-electron chi connectivity index (χ1n) is 7.65. The molecule has 104 valence electrons. The molecule has 1 N–H and O–H groups in total. The van der Waals surface area contributed by atoms with Crippen LogP contribution in [0, 0.1) is 5.92 Å². The Morgan fingerprint density at radius 2 is 2.17 bits per heavy atom. The van der Waals surface area contributed by atoms with E-state index in [0.29, 0.717) is 17.9 Å². The summed E-state index contributed by atoms with van der Waals surface area (Å²) in [6.07, 6.45) is 6.64. The van der Waals surface area contributed by atoms with Crippen molar-refractivity contribution in [3.63, 3.8) is 0 Å². The lowest BCUT2D eigenvalue weighted by molar-refractivity contribution is -0.138. The number of nitrogens with one attached hydrogen (secondary N) is 1. The maximum atomic E-state index is 12.9. The summed E-state index contributed by atoms with van der Waals surface area (Å²) in [4.78, 5) is 15.0. The molecule has 2 rings (SSSR count). The Hall–Kier alpha value is -0.570. The van der Waals surface area contributed by atoms with Gasteiger partial charge in [-0.3, -0.25) is 4.79 Å². The van der Waals surface area contributed by atoms with Crippen molar-refractivity contribution < 1.29 is 4.79 Å². The van der Waals surface area contributed by atoms with E-state index in [1.165, 1.54) is 12.8 Å². The summed E-state index contributed by atoms with van der Waals surface area (Å²) < 4.78 is 0. The van der Waals surface area contributed by atoms with E-state index in [9.17, 15) is 4.79 Å². The second-order valence-corrected chi connectivity index (χ2v) is 6.38. The molecule has 0 aromatic rings. The van der Waals surface area contributed by atoms with Crippen LogP contribution in [-0.4, -0.2) is 35.5 Å². The third kappa shape index (κ3) is 2.87. The summed E-state index contributed by atoms with van der Waals surface area (Å²) in [6, 6.07) is 0.544. The Kier molecular flexibility index (Phi) is 4.31. The number of rotatable bonds is 6. The Labute approximate surface area is 111 Å². The fourth-order valence-corrected chi connectivity index (χ4v) is 2.95. The zero-order valence-corrected chi connectivity index (χ0v) is 12.2. The summed E-state index contributed by atoms with van der Waals surface area (Å²) in [5, 5.41) is 3.48. The predicted octanol–water partition coefficient (Wildman–Crippen LogP) is 2.56. The highest BCUT2D eigenvalue weighted by molar-refractivity contribution is 5.87. The van der Waals surface area contributed by atoms with Gasteiger partial charge < -0.3 is 10.2 Å². The highest BCUT2D eigenvalue weighted by atomic mass is 16.2. The van der Waals surface area contributed by atoms with Crippen molar-refractivity contribution >= 4 is 5.91 Å². The topological polar surface area (TPSA) is 32.3 Å².